The normalized spacial score (nSPS) is 14.9. The van der Waals surface area contributed by atoms with Crippen molar-refractivity contribution in [2.24, 2.45) is 0 Å². The predicted molar refractivity (Wildman–Crippen MR) is 98.8 cm³/mol. The Hall–Kier alpha value is -2.31. The molecule has 4 rings (SSSR count). The first-order valence-electron chi connectivity index (χ1n) is 8.49. The Morgan fingerprint density at radius 3 is 2.76 bits per heavy atom. The third-order valence-electron chi connectivity index (χ3n) is 4.56. The fourth-order valence-electron chi connectivity index (χ4n) is 3.23. The zero-order valence-corrected chi connectivity index (χ0v) is 15.0. The van der Waals surface area contributed by atoms with Crippen LogP contribution in [-0.4, -0.2) is 38.5 Å². The van der Waals surface area contributed by atoms with Crippen molar-refractivity contribution in [1.82, 2.24) is 19.7 Å². The second-order valence-electron chi connectivity index (χ2n) is 6.36. The molecule has 0 radical (unpaired) electrons. The third kappa shape index (κ3) is 3.41. The summed E-state index contributed by atoms with van der Waals surface area (Å²) in [5.41, 5.74) is 2.33. The molecule has 0 bridgehead atoms. The van der Waals surface area contributed by atoms with Crippen molar-refractivity contribution in [3.8, 4) is 11.4 Å². The van der Waals surface area contributed by atoms with Crippen LogP contribution in [0, 0.1) is 0 Å². The molecule has 0 unspecified atom stereocenters. The van der Waals surface area contributed by atoms with Gasteiger partial charge in [-0.25, -0.2) is 0 Å². The molecule has 128 valence electrons. The number of fused-ring (bicyclic) bond motifs is 1. The van der Waals surface area contributed by atoms with Crippen molar-refractivity contribution in [2.75, 3.05) is 13.1 Å². The van der Waals surface area contributed by atoms with E-state index < -0.39 is 0 Å². The van der Waals surface area contributed by atoms with Crippen LogP contribution in [0.1, 0.15) is 28.0 Å². The predicted octanol–water partition coefficient (Wildman–Crippen LogP) is 3.27. The van der Waals surface area contributed by atoms with Gasteiger partial charge in [-0.05, 0) is 23.9 Å². The number of Topliss-reactive ketones (excluding diaryl/α,β-unsaturated/α-hetero) is 1. The van der Waals surface area contributed by atoms with Gasteiger partial charge >= 0.3 is 0 Å². The SMILES string of the molecule is CC(=O)c1cc(CN2CCc3nnc(-c4ccccc4)n3CC2)cs1. The molecule has 1 aliphatic heterocycles. The van der Waals surface area contributed by atoms with Gasteiger partial charge in [0.1, 0.15) is 5.82 Å². The Morgan fingerprint density at radius 1 is 1.16 bits per heavy atom. The molecule has 3 aromatic rings. The fraction of sp³-hybridized carbons (Fsp3) is 0.316. The van der Waals surface area contributed by atoms with Crippen LogP contribution in [0.15, 0.2) is 41.8 Å². The first-order chi connectivity index (χ1) is 12.2. The second kappa shape index (κ2) is 6.90. The van der Waals surface area contributed by atoms with Crippen molar-refractivity contribution in [1.29, 1.82) is 0 Å². The number of benzene rings is 1. The molecule has 2 aromatic heterocycles. The number of thiophene rings is 1. The third-order valence-corrected chi connectivity index (χ3v) is 5.64. The zero-order valence-electron chi connectivity index (χ0n) is 14.2. The van der Waals surface area contributed by atoms with Crippen LogP contribution in [0.3, 0.4) is 0 Å². The number of carbonyl (C=O) groups is 1. The van der Waals surface area contributed by atoms with Gasteiger partial charge in [0.15, 0.2) is 11.6 Å². The zero-order chi connectivity index (χ0) is 17.2. The number of hydrogen-bond acceptors (Lipinski definition) is 5. The number of carbonyl (C=O) groups excluding carboxylic acids is 1. The van der Waals surface area contributed by atoms with E-state index in [-0.39, 0.29) is 5.78 Å². The molecule has 0 amide bonds. The van der Waals surface area contributed by atoms with Crippen LogP contribution in [0.25, 0.3) is 11.4 Å². The minimum absolute atomic E-state index is 0.144. The molecule has 3 heterocycles. The van der Waals surface area contributed by atoms with Crippen LogP contribution in [0.5, 0.6) is 0 Å². The maximum absolute atomic E-state index is 11.5. The molecular weight excluding hydrogens is 332 g/mol. The molecule has 5 nitrogen and oxygen atoms in total. The highest BCUT2D eigenvalue weighted by Gasteiger charge is 2.20. The summed E-state index contributed by atoms with van der Waals surface area (Å²) in [6, 6.07) is 12.3. The van der Waals surface area contributed by atoms with Crippen LogP contribution in [-0.2, 0) is 19.5 Å². The first kappa shape index (κ1) is 16.2. The lowest BCUT2D eigenvalue weighted by atomic mass is 10.2. The van der Waals surface area contributed by atoms with Crippen molar-refractivity contribution in [3.63, 3.8) is 0 Å². The quantitative estimate of drug-likeness (QED) is 0.676. The van der Waals surface area contributed by atoms with Crippen LogP contribution >= 0.6 is 11.3 Å². The van der Waals surface area contributed by atoms with Gasteiger partial charge in [-0.1, -0.05) is 30.3 Å². The topological polar surface area (TPSA) is 51.0 Å². The van der Waals surface area contributed by atoms with Crippen LogP contribution < -0.4 is 0 Å². The van der Waals surface area contributed by atoms with Crippen molar-refractivity contribution >= 4 is 17.1 Å². The van der Waals surface area contributed by atoms with E-state index in [1.165, 1.54) is 16.9 Å². The van der Waals surface area contributed by atoms with Crippen molar-refractivity contribution in [3.05, 3.63) is 58.0 Å². The maximum Gasteiger partial charge on any atom is 0.169 e. The highest BCUT2D eigenvalue weighted by Crippen LogP contribution is 2.22. The van der Waals surface area contributed by atoms with Crippen LogP contribution in [0.2, 0.25) is 0 Å². The molecule has 0 saturated heterocycles. The Balaban J connectivity index is 1.48. The van der Waals surface area contributed by atoms with Gasteiger partial charge < -0.3 is 4.57 Å². The van der Waals surface area contributed by atoms with Crippen LogP contribution in [0.4, 0.5) is 0 Å². The summed E-state index contributed by atoms with van der Waals surface area (Å²) in [7, 11) is 0. The van der Waals surface area contributed by atoms with E-state index in [2.05, 4.69) is 37.2 Å². The Kier molecular flexibility index (Phi) is 4.46. The summed E-state index contributed by atoms with van der Waals surface area (Å²) < 4.78 is 2.24. The van der Waals surface area contributed by atoms with E-state index in [4.69, 9.17) is 0 Å². The van der Waals surface area contributed by atoms with Gasteiger partial charge in [-0.2, -0.15) is 0 Å². The van der Waals surface area contributed by atoms with E-state index >= 15 is 0 Å². The molecule has 25 heavy (non-hydrogen) atoms. The molecule has 0 fully saturated rings. The van der Waals surface area contributed by atoms with Gasteiger partial charge in [-0.3, -0.25) is 9.69 Å². The van der Waals surface area contributed by atoms with Gasteiger partial charge in [0.05, 0.1) is 4.88 Å². The molecule has 1 aromatic carbocycles. The highest BCUT2D eigenvalue weighted by molar-refractivity contribution is 7.12. The summed E-state index contributed by atoms with van der Waals surface area (Å²) in [6.07, 6.45) is 0.892. The average Bonchev–Trinajstić information content (AvgIpc) is 3.20. The van der Waals surface area contributed by atoms with Crippen molar-refractivity contribution in [2.45, 2.75) is 26.4 Å². The summed E-state index contributed by atoms with van der Waals surface area (Å²) in [5, 5.41) is 10.9. The van der Waals surface area contributed by atoms with Gasteiger partial charge in [0.25, 0.3) is 0 Å². The standard InChI is InChI=1S/C19H20N4OS/c1-14(24)17-11-15(13-25-17)12-22-8-7-18-20-21-19(23(18)10-9-22)16-5-3-2-4-6-16/h2-6,11,13H,7-10,12H2,1H3. The maximum atomic E-state index is 11.5. The van der Waals surface area contributed by atoms with Gasteiger partial charge in [0, 0.05) is 38.2 Å². The molecular formula is C19H20N4OS. The lowest BCUT2D eigenvalue weighted by Crippen LogP contribution is -2.26. The monoisotopic (exact) mass is 352 g/mol. The Morgan fingerprint density at radius 2 is 2.00 bits per heavy atom. The minimum atomic E-state index is 0.144. The second-order valence-corrected chi connectivity index (χ2v) is 7.27. The minimum Gasteiger partial charge on any atom is -0.310 e. The highest BCUT2D eigenvalue weighted by atomic mass is 32.1. The Bertz CT molecular complexity index is 884. The Labute approximate surface area is 150 Å². The van der Waals surface area contributed by atoms with E-state index in [1.807, 2.05) is 24.3 Å². The molecule has 1 aliphatic rings. The number of aromatic nitrogens is 3. The smallest absolute Gasteiger partial charge is 0.169 e. The first-order valence-corrected chi connectivity index (χ1v) is 9.37. The summed E-state index contributed by atoms with van der Waals surface area (Å²) in [5.74, 6) is 2.15. The number of ketones is 1. The molecule has 6 heteroatoms. The van der Waals surface area contributed by atoms with E-state index in [1.54, 1.807) is 6.92 Å². The molecule has 0 spiro atoms. The summed E-state index contributed by atoms with van der Waals surface area (Å²) >= 11 is 1.54. The van der Waals surface area contributed by atoms with Crippen molar-refractivity contribution < 1.29 is 4.79 Å². The number of hydrogen-bond donors (Lipinski definition) is 0. The van der Waals surface area contributed by atoms with E-state index in [0.717, 1.165) is 54.7 Å². The molecule has 0 aliphatic carbocycles. The number of nitrogens with zero attached hydrogens (tertiary/aromatic N) is 4. The lowest BCUT2D eigenvalue weighted by molar-refractivity contribution is 0.102. The van der Waals surface area contributed by atoms with Gasteiger partial charge in [-0.15, -0.1) is 21.5 Å². The molecule has 0 atom stereocenters. The lowest BCUT2D eigenvalue weighted by Gasteiger charge is -2.18. The summed E-state index contributed by atoms with van der Waals surface area (Å²) in [4.78, 5) is 14.7. The van der Waals surface area contributed by atoms with Gasteiger partial charge in [0.2, 0.25) is 0 Å². The van der Waals surface area contributed by atoms with E-state index in [9.17, 15) is 4.79 Å². The molecule has 0 saturated carbocycles. The average molecular weight is 352 g/mol. The van der Waals surface area contributed by atoms with E-state index in [0.29, 0.717) is 0 Å². The molecule has 0 N–H and O–H groups in total. The summed E-state index contributed by atoms with van der Waals surface area (Å²) in [6.45, 7) is 5.30. The number of rotatable bonds is 4. The largest absolute Gasteiger partial charge is 0.310 e. The fourth-order valence-corrected chi connectivity index (χ4v) is 4.03.